The van der Waals surface area contributed by atoms with E-state index in [0.29, 0.717) is 24.6 Å². The van der Waals surface area contributed by atoms with Crippen LogP contribution in [-0.2, 0) is 16.1 Å². The number of piperidine rings is 1. The molecule has 9 nitrogen and oxygen atoms in total. The van der Waals surface area contributed by atoms with Gasteiger partial charge in [0.2, 0.25) is 11.5 Å². The van der Waals surface area contributed by atoms with Gasteiger partial charge in [0.25, 0.3) is 0 Å². The highest BCUT2D eigenvalue weighted by atomic mass is 16.5. The molecule has 0 unspecified atom stereocenters. The van der Waals surface area contributed by atoms with Gasteiger partial charge in [0.15, 0.2) is 11.6 Å². The standard InChI is InChI=1S/C29H32N6O3.C6H14/c1-20(36)30-24-9-7-23(8-10-24)28-31-26-25(33-38-27(26)29(32-28)35-15-17-37-18-16-35)22-11-13-34(14-12-22)19-21-5-3-2-4-6-21;1-4-5-6(2)3/h2-10,22H,11-19H2,1H3,(H,30,36);6H,4-5H2,1-3H3. The number of carbonyl (C=O) groups excluding carboxylic acids is 1. The SMILES string of the molecule is CC(=O)Nc1ccc(-c2nc(N3CCOCC3)c3onc(C4CCN(Cc5ccccc5)CC4)c3n2)cc1.CCCC(C)C. The lowest BCUT2D eigenvalue weighted by molar-refractivity contribution is -0.114. The average Bonchev–Trinajstić information content (AvgIpc) is 3.46. The summed E-state index contributed by atoms with van der Waals surface area (Å²) in [6.45, 7) is 14.0. The van der Waals surface area contributed by atoms with Gasteiger partial charge in [-0.2, -0.15) is 0 Å². The molecule has 0 radical (unpaired) electrons. The molecule has 6 rings (SSSR count). The van der Waals surface area contributed by atoms with Crippen molar-refractivity contribution in [3.05, 3.63) is 65.9 Å². The fourth-order valence-corrected chi connectivity index (χ4v) is 5.91. The topological polar surface area (TPSA) is 96.6 Å². The number of hydrogen-bond acceptors (Lipinski definition) is 8. The van der Waals surface area contributed by atoms with E-state index in [-0.39, 0.29) is 11.8 Å². The Morgan fingerprint density at radius 1 is 0.977 bits per heavy atom. The fraction of sp³-hybridized carbons (Fsp3) is 0.486. The van der Waals surface area contributed by atoms with Crippen molar-refractivity contribution in [1.82, 2.24) is 20.0 Å². The number of morpholine rings is 1. The number of benzene rings is 2. The number of amides is 1. The van der Waals surface area contributed by atoms with Crippen LogP contribution in [0.15, 0.2) is 59.1 Å². The minimum absolute atomic E-state index is 0.103. The Hall–Kier alpha value is -3.82. The fourth-order valence-electron chi connectivity index (χ4n) is 5.91. The van der Waals surface area contributed by atoms with Crippen molar-refractivity contribution in [3.8, 4) is 11.4 Å². The summed E-state index contributed by atoms with van der Waals surface area (Å²) in [6, 6.07) is 18.2. The van der Waals surface area contributed by atoms with Crippen LogP contribution >= 0.6 is 0 Å². The molecule has 2 fully saturated rings. The van der Waals surface area contributed by atoms with Crippen molar-refractivity contribution in [1.29, 1.82) is 0 Å². The summed E-state index contributed by atoms with van der Waals surface area (Å²) in [5.41, 5.74) is 5.32. The molecule has 4 aromatic rings. The first-order chi connectivity index (χ1) is 21.4. The van der Waals surface area contributed by atoms with E-state index in [1.165, 1.54) is 25.3 Å². The largest absolute Gasteiger partial charge is 0.378 e. The van der Waals surface area contributed by atoms with Crippen molar-refractivity contribution >= 4 is 28.5 Å². The number of fused-ring (bicyclic) bond motifs is 1. The Kier molecular flexibility index (Phi) is 11.0. The normalized spacial score (nSPS) is 16.2. The Labute approximate surface area is 261 Å². The van der Waals surface area contributed by atoms with Crippen LogP contribution in [0.1, 0.15) is 70.6 Å². The van der Waals surface area contributed by atoms with Crippen LogP contribution in [0.25, 0.3) is 22.5 Å². The van der Waals surface area contributed by atoms with Crippen LogP contribution < -0.4 is 10.2 Å². The number of likely N-dealkylation sites (tertiary alicyclic amines) is 1. The maximum Gasteiger partial charge on any atom is 0.227 e. The number of hydrogen-bond donors (Lipinski definition) is 1. The number of aromatic nitrogens is 3. The van der Waals surface area contributed by atoms with Gasteiger partial charge >= 0.3 is 0 Å². The lowest BCUT2D eigenvalue weighted by Crippen LogP contribution is -2.37. The molecular formula is C35H46N6O3. The Bertz CT molecular complexity index is 1470. The van der Waals surface area contributed by atoms with E-state index in [9.17, 15) is 4.79 Å². The molecule has 2 aliphatic heterocycles. The van der Waals surface area contributed by atoms with Gasteiger partial charge in [-0.25, -0.2) is 9.97 Å². The highest BCUT2D eigenvalue weighted by Gasteiger charge is 2.29. The van der Waals surface area contributed by atoms with E-state index in [0.717, 1.165) is 79.8 Å². The van der Waals surface area contributed by atoms with E-state index in [1.54, 1.807) is 0 Å². The zero-order chi connectivity index (χ0) is 30.9. The van der Waals surface area contributed by atoms with E-state index in [2.05, 4.69) is 71.4 Å². The highest BCUT2D eigenvalue weighted by molar-refractivity contribution is 5.90. The summed E-state index contributed by atoms with van der Waals surface area (Å²) in [7, 11) is 0. The minimum Gasteiger partial charge on any atom is -0.378 e. The molecule has 1 amide bonds. The van der Waals surface area contributed by atoms with Gasteiger partial charge in [0.1, 0.15) is 11.2 Å². The Balaban J connectivity index is 0.000000584. The van der Waals surface area contributed by atoms with Gasteiger partial charge in [-0.05, 0) is 61.7 Å². The van der Waals surface area contributed by atoms with Gasteiger partial charge in [-0.3, -0.25) is 9.69 Å². The third-order valence-corrected chi connectivity index (χ3v) is 8.19. The van der Waals surface area contributed by atoms with Gasteiger partial charge in [-0.15, -0.1) is 0 Å². The summed E-state index contributed by atoms with van der Waals surface area (Å²) in [4.78, 5) is 26.1. The zero-order valence-corrected chi connectivity index (χ0v) is 26.6. The van der Waals surface area contributed by atoms with Crippen molar-refractivity contribution in [3.63, 3.8) is 0 Å². The van der Waals surface area contributed by atoms with Crippen LogP contribution in [-0.4, -0.2) is 65.3 Å². The lowest BCUT2D eigenvalue weighted by Gasteiger charge is -2.31. The van der Waals surface area contributed by atoms with Crippen molar-refractivity contribution in [2.75, 3.05) is 49.6 Å². The zero-order valence-electron chi connectivity index (χ0n) is 26.6. The number of rotatable bonds is 8. The monoisotopic (exact) mass is 598 g/mol. The molecule has 0 spiro atoms. The number of nitrogens with zero attached hydrogens (tertiary/aromatic N) is 5. The Morgan fingerprint density at radius 3 is 2.30 bits per heavy atom. The second kappa shape index (κ2) is 15.3. The lowest BCUT2D eigenvalue weighted by atomic mass is 9.92. The smallest absolute Gasteiger partial charge is 0.227 e. The molecule has 0 atom stereocenters. The van der Waals surface area contributed by atoms with Crippen LogP contribution in [0.4, 0.5) is 11.5 Å². The molecule has 2 aromatic carbocycles. The van der Waals surface area contributed by atoms with Gasteiger partial charge < -0.3 is 19.5 Å². The maximum absolute atomic E-state index is 11.4. The number of nitrogens with one attached hydrogen (secondary N) is 1. The summed E-state index contributed by atoms with van der Waals surface area (Å²) >= 11 is 0. The van der Waals surface area contributed by atoms with Gasteiger partial charge in [-0.1, -0.05) is 69.1 Å². The summed E-state index contributed by atoms with van der Waals surface area (Å²) in [5.74, 6) is 2.47. The van der Waals surface area contributed by atoms with Crippen LogP contribution in [0, 0.1) is 5.92 Å². The predicted molar refractivity (Wildman–Crippen MR) is 176 cm³/mol. The number of carbonyl (C=O) groups is 1. The molecule has 2 aromatic heterocycles. The summed E-state index contributed by atoms with van der Waals surface area (Å²) in [6.07, 6.45) is 4.72. The van der Waals surface area contributed by atoms with E-state index in [1.807, 2.05) is 24.3 Å². The first-order valence-electron chi connectivity index (χ1n) is 16.1. The van der Waals surface area contributed by atoms with Gasteiger partial charge in [0.05, 0.1) is 13.2 Å². The highest BCUT2D eigenvalue weighted by Crippen LogP contribution is 2.36. The average molecular weight is 599 g/mol. The molecule has 44 heavy (non-hydrogen) atoms. The predicted octanol–water partition coefficient (Wildman–Crippen LogP) is 6.90. The molecule has 2 aliphatic rings. The van der Waals surface area contributed by atoms with Crippen molar-refractivity contribution in [2.24, 2.45) is 5.92 Å². The number of ether oxygens (including phenoxy) is 1. The quantitative estimate of drug-likeness (QED) is 0.234. The molecule has 0 aliphatic carbocycles. The molecular weight excluding hydrogens is 552 g/mol. The summed E-state index contributed by atoms with van der Waals surface area (Å²) in [5, 5.41) is 7.38. The number of anilines is 2. The second-order valence-corrected chi connectivity index (χ2v) is 12.2. The molecule has 2 saturated heterocycles. The van der Waals surface area contributed by atoms with Gasteiger partial charge in [0, 0.05) is 43.7 Å². The molecule has 0 bridgehead atoms. The molecule has 0 saturated carbocycles. The van der Waals surface area contributed by atoms with Crippen LogP contribution in [0.3, 0.4) is 0 Å². The third-order valence-electron chi connectivity index (χ3n) is 8.19. The minimum atomic E-state index is -0.103. The first-order valence-corrected chi connectivity index (χ1v) is 16.1. The van der Waals surface area contributed by atoms with E-state index < -0.39 is 0 Å². The third kappa shape index (κ3) is 8.21. The summed E-state index contributed by atoms with van der Waals surface area (Å²) < 4.78 is 11.5. The van der Waals surface area contributed by atoms with Crippen molar-refractivity contribution in [2.45, 2.75) is 65.8 Å². The molecule has 4 heterocycles. The first kappa shape index (κ1) is 31.6. The van der Waals surface area contributed by atoms with E-state index >= 15 is 0 Å². The van der Waals surface area contributed by atoms with Crippen molar-refractivity contribution < 1.29 is 14.1 Å². The maximum atomic E-state index is 11.4. The molecule has 9 heteroatoms. The molecule has 234 valence electrons. The van der Waals surface area contributed by atoms with Crippen LogP contribution in [0.5, 0.6) is 0 Å². The molecule has 1 N–H and O–H groups in total. The van der Waals surface area contributed by atoms with E-state index in [4.69, 9.17) is 19.2 Å². The Morgan fingerprint density at radius 2 is 1.68 bits per heavy atom. The second-order valence-electron chi connectivity index (χ2n) is 12.2. The van der Waals surface area contributed by atoms with Crippen LogP contribution in [0.2, 0.25) is 0 Å².